The highest BCUT2D eigenvalue weighted by molar-refractivity contribution is 5.87. The van der Waals surface area contributed by atoms with Crippen molar-refractivity contribution in [2.75, 3.05) is 0 Å². The molecule has 0 amide bonds. The van der Waals surface area contributed by atoms with Crippen molar-refractivity contribution >= 4 is 6.08 Å². The quantitative estimate of drug-likeness (QED) is 0.406. The van der Waals surface area contributed by atoms with Crippen LogP contribution in [0.2, 0.25) is 0 Å². The van der Waals surface area contributed by atoms with Gasteiger partial charge >= 0.3 is 0 Å². The molecule has 0 N–H and O–H groups in total. The molecule has 1 aromatic heterocycles. The van der Waals surface area contributed by atoms with E-state index >= 15 is 0 Å². The molecule has 0 bridgehead atoms. The van der Waals surface area contributed by atoms with Crippen LogP contribution < -0.4 is 0 Å². The van der Waals surface area contributed by atoms with Gasteiger partial charge in [0.25, 0.3) is 0 Å². The Morgan fingerprint density at radius 2 is 1.66 bits per heavy atom. The van der Waals surface area contributed by atoms with Gasteiger partial charge in [-0.05, 0) is 64.5 Å². The van der Waals surface area contributed by atoms with E-state index in [9.17, 15) is 4.39 Å². The largest absolute Gasteiger partial charge is 0.252 e. The number of halogens is 1. The summed E-state index contributed by atoms with van der Waals surface area (Å²) in [6.07, 6.45) is 6.57. The number of rotatable bonds is 4. The second kappa shape index (κ2) is 8.65. The molecule has 0 fully saturated rings. The highest BCUT2D eigenvalue weighted by Crippen LogP contribution is 2.48. The molecule has 1 aliphatic carbocycles. The lowest BCUT2D eigenvalue weighted by atomic mass is 9.74. The van der Waals surface area contributed by atoms with Gasteiger partial charge in [0.15, 0.2) is 0 Å². The smallest absolute Gasteiger partial charge is 0.123 e. The summed E-state index contributed by atoms with van der Waals surface area (Å²) < 4.78 is 13.9. The third-order valence-corrected chi connectivity index (χ3v) is 6.56. The summed E-state index contributed by atoms with van der Waals surface area (Å²) in [6, 6.07) is 15.7. The van der Waals surface area contributed by atoms with Gasteiger partial charge in [0.2, 0.25) is 0 Å². The molecule has 0 aliphatic heterocycles. The van der Waals surface area contributed by atoms with Crippen molar-refractivity contribution in [3.8, 4) is 22.4 Å². The van der Waals surface area contributed by atoms with Crippen LogP contribution in [0.1, 0.15) is 76.3 Å². The van der Waals surface area contributed by atoms with Crippen LogP contribution in [0, 0.1) is 11.7 Å². The van der Waals surface area contributed by atoms with Crippen LogP contribution in [-0.4, -0.2) is 4.98 Å². The van der Waals surface area contributed by atoms with Gasteiger partial charge in [-0.2, -0.15) is 0 Å². The average Bonchev–Trinajstić information content (AvgIpc) is 2.86. The van der Waals surface area contributed by atoms with Gasteiger partial charge in [-0.25, -0.2) is 4.39 Å². The maximum Gasteiger partial charge on any atom is 0.123 e. The van der Waals surface area contributed by atoms with E-state index in [2.05, 4.69) is 78.0 Å². The predicted octanol–water partition coefficient (Wildman–Crippen LogP) is 8.57. The van der Waals surface area contributed by atoms with Crippen LogP contribution in [0.4, 0.5) is 4.39 Å². The summed E-state index contributed by atoms with van der Waals surface area (Å²) in [5.41, 5.74) is 9.43. The Bertz CT molecular complexity index is 1150. The van der Waals surface area contributed by atoms with Gasteiger partial charge in [0, 0.05) is 11.1 Å². The van der Waals surface area contributed by atoms with E-state index < -0.39 is 0 Å². The van der Waals surface area contributed by atoms with Gasteiger partial charge in [-0.15, -0.1) is 0 Å². The number of hydrogen-bond donors (Lipinski definition) is 0. The first-order valence-electron chi connectivity index (χ1n) is 11.8. The fourth-order valence-corrected chi connectivity index (χ4v) is 4.83. The summed E-state index contributed by atoms with van der Waals surface area (Å²) >= 11 is 0. The standard InChI is InChI=1S/C30H34FN/c1-19(2)11-16-25-26(22-12-14-23(31)15-13-22)27-29(32-28(25)20(3)4)24-10-8-7-9-21(24)17-18-30(27,5)6/h7-16,19-20H,17-18H2,1-6H3/b16-11+. The van der Waals surface area contributed by atoms with E-state index in [1.165, 1.54) is 27.8 Å². The highest BCUT2D eigenvalue weighted by atomic mass is 19.1. The molecule has 32 heavy (non-hydrogen) atoms. The zero-order valence-electron chi connectivity index (χ0n) is 20.2. The minimum atomic E-state index is -0.207. The Hall–Kier alpha value is -2.74. The summed E-state index contributed by atoms with van der Waals surface area (Å²) in [4.78, 5) is 5.37. The fourth-order valence-electron chi connectivity index (χ4n) is 4.83. The molecule has 0 atom stereocenters. The number of allylic oxidation sites excluding steroid dienone is 1. The van der Waals surface area contributed by atoms with Gasteiger partial charge in [0.1, 0.15) is 5.82 Å². The van der Waals surface area contributed by atoms with Gasteiger partial charge in [0.05, 0.1) is 11.4 Å². The first kappa shape index (κ1) is 22.5. The first-order valence-corrected chi connectivity index (χ1v) is 11.8. The summed E-state index contributed by atoms with van der Waals surface area (Å²) in [5.74, 6) is 0.496. The average molecular weight is 428 g/mol. The van der Waals surface area contributed by atoms with Crippen molar-refractivity contribution in [3.05, 3.63) is 82.8 Å². The zero-order chi connectivity index (χ0) is 23.0. The molecule has 0 saturated carbocycles. The van der Waals surface area contributed by atoms with E-state index in [-0.39, 0.29) is 17.2 Å². The van der Waals surface area contributed by atoms with Crippen LogP contribution in [0.3, 0.4) is 0 Å². The van der Waals surface area contributed by atoms with Crippen molar-refractivity contribution in [1.29, 1.82) is 0 Å². The molecule has 4 rings (SSSR count). The van der Waals surface area contributed by atoms with Crippen LogP contribution in [0.5, 0.6) is 0 Å². The Balaban J connectivity index is 2.18. The Labute approximate surface area is 192 Å². The molecule has 0 saturated heterocycles. The molecule has 1 nitrogen and oxygen atoms in total. The SMILES string of the molecule is CC(C)/C=C/c1c(C(C)C)nc2c(c1-c1ccc(F)cc1)C(C)(C)CCc1ccccc1-2. The lowest BCUT2D eigenvalue weighted by molar-refractivity contribution is 0.485. The number of benzene rings is 2. The molecule has 3 aromatic rings. The Kier molecular flexibility index (Phi) is 6.07. The van der Waals surface area contributed by atoms with Crippen molar-refractivity contribution in [1.82, 2.24) is 4.98 Å². The van der Waals surface area contributed by atoms with Crippen LogP contribution >= 0.6 is 0 Å². The van der Waals surface area contributed by atoms with Crippen LogP contribution in [-0.2, 0) is 11.8 Å². The number of fused-ring (bicyclic) bond motifs is 3. The molecule has 0 radical (unpaired) electrons. The molecule has 0 unspecified atom stereocenters. The van der Waals surface area contributed by atoms with Gasteiger partial charge < -0.3 is 0 Å². The van der Waals surface area contributed by atoms with Gasteiger partial charge in [-0.3, -0.25) is 4.98 Å². The van der Waals surface area contributed by atoms with E-state index in [0.29, 0.717) is 5.92 Å². The summed E-state index contributed by atoms with van der Waals surface area (Å²) in [5, 5.41) is 0. The van der Waals surface area contributed by atoms with Crippen molar-refractivity contribution in [2.24, 2.45) is 5.92 Å². The van der Waals surface area contributed by atoms with Gasteiger partial charge in [-0.1, -0.05) is 90.1 Å². The molecule has 1 heterocycles. The fraction of sp³-hybridized carbons (Fsp3) is 0.367. The third kappa shape index (κ3) is 4.16. The summed E-state index contributed by atoms with van der Waals surface area (Å²) in [6.45, 7) is 13.5. The predicted molar refractivity (Wildman–Crippen MR) is 134 cm³/mol. The number of pyridine rings is 1. The second-order valence-corrected chi connectivity index (χ2v) is 10.3. The summed E-state index contributed by atoms with van der Waals surface area (Å²) in [7, 11) is 0. The number of aromatic nitrogens is 1. The lowest BCUT2D eigenvalue weighted by Crippen LogP contribution is -2.21. The first-order chi connectivity index (χ1) is 15.2. The van der Waals surface area contributed by atoms with E-state index in [1.807, 2.05) is 12.1 Å². The van der Waals surface area contributed by atoms with E-state index in [1.54, 1.807) is 12.1 Å². The van der Waals surface area contributed by atoms with Crippen molar-refractivity contribution in [3.63, 3.8) is 0 Å². The Morgan fingerprint density at radius 3 is 2.31 bits per heavy atom. The van der Waals surface area contributed by atoms with Crippen LogP contribution in [0.15, 0.2) is 54.6 Å². The molecular formula is C30H34FN. The van der Waals surface area contributed by atoms with Crippen LogP contribution in [0.25, 0.3) is 28.5 Å². The minimum absolute atomic E-state index is 0.0684. The molecule has 166 valence electrons. The molecule has 0 spiro atoms. The van der Waals surface area contributed by atoms with E-state index in [0.717, 1.165) is 29.8 Å². The Morgan fingerprint density at radius 1 is 0.969 bits per heavy atom. The maximum atomic E-state index is 13.9. The second-order valence-electron chi connectivity index (χ2n) is 10.3. The lowest BCUT2D eigenvalue weighted by Gasteiger charge is -2.31. The van der Waals surface area contributed by atoms with Crippen molar-refractivity contribution < 1.29 is 4.39 Å². The topological polar surface area (TPSA) is 12.9 Å². The molecule has 2 aromatic carbocycles. The minimum Gasteiger partial charge on any atom is -0.252 e. The molecule has 2 heteroatoms. The number of nitrogens with zero attached hydrogens (tertiary/aromatic N) is 1. The maximum absolute atomic E-state index is 13.9. The normalized spacial score (nSPS) is 15.2. The number of hydrogen-bond acceptors (Lipinski definition) is 1. The van der Waals surface area contributed by atoms with Crippen molar-refractivity contribution in [2.45, 2.75) is 65.7 Å². The zero-order valence-corrected chi connectivity index (χ0v) is 20.2. The van der Waals surface area contributed by atoms with E-state index in [4.69, 9.17) is 4.98 Å². The molecule has 1 aliphatic rings. The highest BCUT2D eigenvalue weighted by Gasteiger charge is 2.34. The number of aryl methyl sites for hydroxylation is 1. The molecular weight excluding hydrogens is 393 g/mol. The third-order valence-electron chi connectivity index (χ3n) is 6.56. The monoisotopic (exact) mass is 427 g/mol.